The molecule has 2 aromatic rings. The van der Waals surface area contributed by atoms with E-state index in [4.69, 9.17) is 0 Å². The first-order valence-electron chi connectivity index (χ1n) is 5.17. The molecule has 4 heteroatoms. The monoisotopic (exact) mass is 228 g/mol. The van der Waals surface area contributed by atoms with Crippen LogP contribution in [0.5, 0.6) is 11.5 Å². The molecular weight excluding hydrogens is 216 g/mol. The summed E-state index contributed by atoms with van der Waals surface area (Å²) in [5.74, 6) is -0.00848. The highest BCUT2D eigenvalue weighted by Crippen LogP contribution is 2.35. The fourth-order valence-electron chi connectivity index (χ4n) is 1.36. The Morgan fingerprint density at radius 3 is 2.29 bits per heavy atom. The predicted octanol–water partition coefficient (Wildman–Crippen LogP) is 3.82. The lowest BCUT2D eigenvalue weighted by Gasteiger charge is -2.03. The zero-order valence-electron chi connectivity index (χ0n) is 9.33. The van der Waals surface area contributed by atoms with E-state index >= 15 is 0 Å². The van der Waals surface area contributed by atoms with E-state index in [1.807, 2.05) is 30.3 Å². The Morgan fingerprint density at radius 2 is 1.59 bits per heavy atom. The first kappa shape index (κ1) is 11.1. The van der Waals surface area contributed by atoms with Crippen molar-refractivity contribution in [2.45, 2.75) is 6.92 Å². The van der Waals surface area contributed by atoms with E-state index in [9.17, 15) is 10.2 Å². The molecule has 86 valence electrons. The lowest BCUT2D eigenvalue weighted by atomic mass is 10.2. The molecule has 0 saturated carbocycles. The molecule has 0 unspecified atom stereocenters. The summed E-state index contributed by atoms with van der Waals surface area (Å²) < 4.78 is 0. The highest BCUT2D eigenvalue weighted by molar-refractivity contribution is 5.59. The normalized spacial score (nSPS) is 10.9. The summed E-state index contributed by atoms with van der Waals surface area (Å²) in [5.41, 5.74) is 1.44. The van der Waals surface area contributed by atoms with Gasteiger partial charge in [-0.2, -0.15) is 5.11 Å². The van der Waals surface area contributed by atoms with E-state index in [-0.39, 0.29) is 11.5 Å². The van der Waals surface area contributed by atoms with Crippen molar-refractivity contribution in [1.29, 1.82) is 0 Å². The summed E-state index contributed by atoms with van der Waals surface area (Å²) in [7, 11) is 0. The molecule has 0 spiro atoms. The smallest absolute Gasteiger partial charge is 0.149 e. The Bertz CT molecular complexity index is 551. The number of hydrogen-bond acceptors (Lipinski definition) is 4. The van der Waals surface area contributed by atoms with Crippen LogP contribution in [0.25, 0.3) is 0 Å². The number of phenolic OH excluding ortho intramolecular Hbond substituents is 2. The lowest BCUT2D eigenvalue weighted by Crippen LogP contribution is -1.76. The van der Waals surface area contributed by atoms with Crippen LogP contribution in [0.1, 0.15) is 5.56 Å². The topological polar surface area (TPSA) is 65.2 Å². The summed E-state index contributed by atoms with van der Waals surface area (Å²) in [6, 6.07) is 12.2. The van der Waals surface area contributed by atoms with Crippen LogP contribution in [0.15, 0.2) is 52.7 Å². The number of hydrogen-bond donors (Lipinski definition) is 2. The van der Waals surface area contributed by atoms with Crippen LogP contribution < -0.4 is 0 Å². The van der Waals surface area contributed by atoms with Gasteiger partial charge < -0.3 is 10.2 Å². The molecular formula is C13H12N2O2. The van der Waals surface area contributed by atoms with Gasteiger partial charge in [0.05, 0.1) is 5.69 Å². The van der Waals surface area contributed by atoms with Gasteiger partial charge in [-0.25, -0.2) is 0 Å². The minimum absolute atomic E-state index is 0.0427. The third-order valence-corrected chi connectivity index (χ3v) is 2.41. The largest absolute Gasteiger partial charge is 0.508 e. The average Bonchev–Trinajstić information content (AvgIpc) is 2.36. The van der Waals surface area contributed by atoms with Crippen LogP contribution in [0.2, 0.25) is 0 Å². The van der Waals surface area contributed by atoms with Gasteiger partial charge in [0.2, 0.25) is 0 Å². The fourth-order valence-corrected chi connectivity index (χ4v) is 1.36. The maximum absolute atomic E-state index is 9.74. The predicted molar refractivity (Wildman–Crippen MR) is 65.1 cm³/mol. The number of rotatable bonds is 2. The van der Waals surface area contributed by atoms with Gasteiger partial charge in [0.15, 0.2) is 0 Å². The van der Waals surface area contributed by atoms with Crippen molar-refractivity contribution in [2.24, 2.45) is 10.2 Å². The second-order valence-corrected chi connectivity index (χ2v) is 3.61. The van der Waals surface area contributed by atoms with Crippen LogP contribution in [0.3, 0.4) is 0 Å². The lowest BCUT2D eigenvalue weighted by molar-refractivity contribution is 0.444. The molecule has 0 aliphatic carbocycles. The van der Waals surface area contributed by atoms with Crippen LogP contribution in [-0.2, 0) is 0 Å². The molecule has 0 bridgehead atoms. The van der Waals surface area contributed by atoms with E-state index < -0.39 is 0 Å². The van der Waals surface area contributed by atoms with Gasteiger partial charge in [-0.3, -0.25) is 0 Å². The molecule has 0 fully saturated rings. The number of aromatic hydroxyl groups is 2. The van der Waals surface area contributed by atoms with Crippen molar-refractivity contribution in [3.05, 3.63) is 48.0 Å². The van der Waals surface area contributed by atoms with Gasteiger partial charge in [0.25, 0.3) is 0 Å². The third-order valence-electron chi connectivity index (χ3n) is 2.41. The van der Waals surface area contributed by atoms with Crippen LogP contribution in [0, 0.1) is 6.92 Å². The second-order valence-electron chi connectivity index (χ2n) is 3.61. The molecule has 2 N–H and O–H groups in total. The molecule has 0 heterocycles. The number of nitrogens with zero attached hydrogens (tertiary/aromatic N) is 2. The van der Waals surface area contributed by atoms with E-state index in [0.717, 1.165) is 0 Å². The summed E-state index contributed by atoms with van der Waals surface area (Å²) >= 11 is 0. The number of phenols is 2. The maximum atomic E-state index is 9.74. The SMILES string of the molecule is Cc1c(O)ccc(N=Nc2ccccc2)c1O. The van der Waals surface area contributed by atoms with Crippen molar-refractivity contribution < 1.29 is 10.2 Å². The maximum Gasteiger partial charge on any atom is 0.149 e. The molecule has 0 atom stereocenters. The molecule has 0 amide bonds. The average molecular weight is 228 g/mol. The van der Waals surface area contributed by atoms with Crippen LogP contribution in [-0.4, -0.2) is 10.2 Å². The minimum atomic E-state index is -0.0512. The highest BCUT2D eigenvalue weighted by Gasteiger charge is 2.07. The summed E-state index contributed by atoms with van der Waals surface area (Å²) in [4.78, 5) is 0. The Kier molecular flexibility index (Phi) is 3.05. The zero-order chi connectivity index (χ0) is 12.3. The van der Waals surface area contributed by atoms with Gasteiger partial charge in [-0.1, -0.05) is 18.2 Å². The quantitative estimate of drug-likeness (QED) is 0.767. The van der Waals surface area contributed by atoms with Crippen LogP contribution in [0.4, 0.5) is 11.4 Å². The van der Waals surface area contributed by atoms with Crippen molar-refractivity contribution in [1.82, 2.24) is 0 Å². The molecule has 2 rings (SSSR count). The summed E-state index contributed by atoms with van der Waals surface area (Å²) in [6.07, 6.45) is 0. The van der Waals surface area contributed by atoms with Gasteiger partial charge in [0.1, 0.15) is 17.2 Å². The second kappa shape index (κ2) is 4.65. The third kappa shape index (κ3) is 2.42. The van der Waals surface area contributed by atoms with Crippen molar-refractivity contribution >= 4 is 11.4 Å². The molecule has 0 saturated heterocycles. The van der Waals surface area contributed by atoms with Crippen LogP contribution >= 0.6 is 0 Å². The summed E-state index contributed by atoms with van der Waals surface area (Å²) in [6.45, 7) is 1.62. The summed E-state index contributed by atoms with van der Waals surface area (Å²) in [5, 5.41) is 27.1. The van der Waals surface area contributed by atoms with Crippen molar-refractivity contribution in [3.8, 4) is 11.5 Å². The van der Waals surface area contributed by atoms with E-state index in [1.54, 1.807) is 6.92 Å². The minimum Gasteiger partial charge on any atom is -0.508 e. The number of azo groups is 1. The molecule has 0 aliphatic rings. The Balaban J connectivity index is 2.31. The van der Waals surface area contributed by atoms with Gasteiger partial charge in [-0.15, -0.1) is 5.11 Å². The van der Waals surface area contributed by atoms with Gasteiger partial charge in [-0.05, 0) is 31.2 Å². The molecule has 17 heavy (non-hydrogen) atoms. The van der Waals surface area contributed by atoms with Crippen molar-refractivity contribution in [2.75, 3.05) is 0 Å². The van der Waals surface area contributed by atoms with Gasteiger partial charge in [0, 0.05) is 5.56 Å². The van der Waals surface area contributed by atoms with E-state index in [1.165, 1.54) is 12.1 Å². The Labute approximate surface area is 98.9 Å². The molecule has 2 aromatic carbocycles. The Hall–Kier alpha value is -2.36. The van der Waals surface area contributed by atoms with E-state index in [0.29, 0.717) is 16.9 Å². The first-order chi connectivity index (χ1) is 8.18. The fraction of sp³-hybridized carbons (Fsp3) is 0.0769. The molecule has 4 nitrogen and oxygen atoms in total. The number of benzene rings is 2. The van der Waals surface area contributed by atoms with E-state index in [2.05, 4.69) is 10.2 Å². The molecule has 0 aliphatic heterocycles. The Morgan fingerprint density at radius 1 is 0.882 bits per heavy atom. The molecule has 0 aromatic heterocycles. The highest BCUT2D eigenvalue weighted by atomic mass is 16.3. The zero-order valence-corrected chi connectivity index (χ0v) is 9.33. The van der Waals surface area contributed by atoms with Gasteiger partial charge >= 0.3 is 0 Å². The molecule has 0 radical (unpaired) electrons. The van der Waals surface area contributed by atoms with Crippen molar-refractivity contribution in [3.63, 3.8) is 0 Å². The first-order valence-corrected chi connectivity index (χ1v) is 5.17. The standard InChI is InChI=1S/C13H12N2O2/c1-9-12(16)8-7-11(13(9)17)15-14-10-5-3-2-4-6-10/h2-8,16-17H,1H3.